The standard InChI is InChI=1S/C13H12N4O5S/c1-22-8-2-3-9(10(6-8)17(20)21)15-12(19)7-23-13-14-5-4-11(18)16-13/h2-6H,7H2,1H3,(H,15,19)(H,14,16,18). The fraction of sp³-hybridized carbons (Fsp3) is 0.154. The van der Waals surface area contributed by atoms with Crippen LogP contribution in [0.25, 0.3) is 0 Å². The quantitative estimate of drug-likeness (QED) is 0.353. The third kappa shape index (κ3) is 4.54. The molecule has 0 atom stereocenters. The lowest BCUT2D eigenvalue weighted by atomic mass is 10.2. The largest absolute Gasteiger partial charge is 0.496 e. The Hall–Kier alpha value is -2.88. The first-order valence-corrected chi connectivity index (χ1v) is 7.28. The van der Waals surface area contributed by atoms with Crippen molar-refractivity contribution in [2.24, 2.45) is 0 Å². The number of H-pyrrole nitrogens is 1. The maximum atomic E-state index is 11.9. The Morgan fingerprint density at radius 2 is 2.26 bits per heavy atom. The predicted octanol–water partition coefficient (Wildman–Crippen LogP) is 1.42. The van der Waals surface area contributed by atoms with Crippen LogP contribution in [0.4, 0.5) is 11.4 Å². The van der Waals surface area contributed by atoms with Crippen molar-refractivity contribution in [3.8, 4) is 5.75 Å². The molecular weight excluding hydrogens is 324 g/mol. The van der Waals surface area contributed by atoms with Gasteiger partial charge in [-0.1, -0.05) is 11.8 Å². The van der Waals surface area contributed by atoms with E-state index >= 15 is 0 Å². The van der Waals surface area contributed by atoms with Crippen LogP contribution >= 0.6 is 11.8 Å². The van der Waals surface area contributed by atoms with Crippen LogP contribution in [-0.4, -0.2) is 33.7 Å². The first-order chi connectivity index (χ1) is 11.0. The Balaban J connectivity index is 2.05. The van der Waals surface area contributed by atoms with E-state index in [0.29, 0.717) is 5.75 Å². The van der Waals surface area contributed by atoms with E-state index < -0.39 is 10.8 Å². The molecule has 0 saturated heterocycles. The Morgan fingerprint density at radius 1 is 1.48 bits per heavy atom. The van der Waals surface area contributed by atoms with Gasteiger partial charge in [0.1, 0.15) is 11.4 Å². The summed E-state index contributed by atoms with van der Waals surface area (Å²) in [5, 5.41) is 13.8. The summed E-state index contributed by atoms with van der Waals surface area (Å²) in [5.41, 5.74) is -0.529. The maximum absolute atomic E-state index is 11.9. The summed E-state index contributed by atoms with van der Waals surface area (Å²) in [4.78, 5) is 39.8. The number of nitro benzene ring substituents is 1. The van der Waals surface area contributed by atoms with Crippen LogP contribution in [0, 0.1) is 10.1 Å². The molecule has 9 nitrogen and oxygen atoms in total. The van der Waals surface area contributed by atoms with Crippen molar-refractivity contribution in [1.29, 1.82) is 0 Å². The average molecular weight is 336 g/mol. The number of benzene rings is 1. The number of aromatic nitrogens is 2. The second-order valence-electron chi connectivity index (χ2n) is 4.22. The SMILES string of the molecule is COc1ccc(NC(=O)CSc2nccc(=O)[nH]2)c([N+](=O)[O-])c1. The Kier molecular flexibility index (Phi) is 5.31. The molecular formula is C13H12N4O5S. The Morgan fingerprint density at radius 3 is 2.91 bits per heavy atom. The molecule has 2 N–H and O–H groups in total. The molecule has 23 heavy (non-hydrogen) atoms. The number of hydrogen-bond donors (Lipinski definition) is 2. The first-order valence-electron chi connectivity index (χ1n) is 6.30. The zero-order valence-corrected chi connectivity index (χ0v) is 12.8. The molecule has 0 radical (unpaired) electrons. The van der Waals surface area contributed by atoms with E-state index in [2.05, 4.69) is 15.3 Å². The molecule has 1 aromatic heterocycles. The molecule has 0 spiro atoms. The van der Waals surface area contributed by atoms with Crippen molar-refractivity contribution in [2.45, 2.75) is 5.16 Å². The van der Waals surface area contributed by atoms with E-state index in [1.165, 1.54) is 37.6 Å². The van der Waals surface area contributed by atoms with E-state index in [4.69, 9.17) is 4.74 Å². The van der Waals surface area contributed by atoms with Gasteiger partial charge >= 0.3 is 0 Å². The van der Waals surface area contributed by atoms with Gasteiger partial charge in [0.15, 0.2) is 5.16 Å². The summed E-state index contributed by atoms with van der Waals surface area (Å²) in [6.07, 6.45) is 1.33. The highest BCUT2D eigenvalue weighted by molar-refractivity contribution is 7.99. The zero-order chi connectivity index (χ0) is 16.8. The number of carbonyl (C=O) groups excluding carboxylic acids is 1. The molecule has 1 heterocycles. The van der Waals surface area contributed by atoms with Crippen LogP contribution in [0.1, 0.15) is 0 Å². The lowest BCUT2D eigenvalue weighted by Gasteiger charge is -2.07. The molecule has 0 aliphatic rings. The molecule has 2 aromatic rings. The molecule has 1 aromatic carbocycles. The molecule has 0 unspecified atom stereocenters. The Labute approximate surface area is 134 Å². The number of anilines is 1. The molecule has 120 valence electrons. The number of methoxy groups -OCH3 is 1. The van der Waals surface area contributed by atoms with Gasteiger partial charge in [0.2, 0.25) is 5.91 Å². The molecule has 0 aliphatic carbocycles. The number of ether oxygens (including phenoxy) is 1. The summed E-state index contributed by atoms with van der Waals surface area (Å²) in [5.74, 6) is -0.208. The number of nitrogens with zero attached hydrogens (tertiary/aromatic N) is 2. The van der Waals surface area contributed by atoms with Crippen molar-refractivity contribution in [1.82, 2.24) is 9.97 Å². The summed E-state index contributed by atoms with van der Waals surface area (Å²) in [7, 11) is 1.39. The van der Waals surface area contributed by atoms with E-state index in [0.717, 1.165) is 11.8 Å². The highest BCUT2D eigenvalue weighted by Gasteiger charge is 2.17. The lowest BCUT2D eigenvalue weighted by molar-refractivity contribution is -0.384. The minimum absolute atomic E-state index is 0.0594. The maximum Gasteiger partial charge on any atom is 0.296 e. The summed E-state index contributed by atoms with van der Waals surface area (Å²) in [6.45, 7) is 0. The van der Waals surface area contributed by atoms with Crippen LogP contribution in [0.15, 0.2) is 40.4 Å². The van der Waals surface area contributed by atoms with Gasteiger partial charge in [-0.15, -0.1) is 0 Å². The first kappa shape index (κ1) is 16.5. The van der Waals surface area contributed by atoms with Crippen LogP contribution < -0.4 is 15.6 Å². The van der Waals surface area contributed by atoms with Gasteiger partial charge in [-0.3, -0.25) is 19.7 Å². The number of amides is 1. The number of thioether (sulfide) groups is 1. The smallest absolute Gasteiger partial charge is 0.296 e. The van der Waals surface area contributed by atoms with E-state index in [9.17, 15) is 19.7 Å². The second-order valence-corrected chi connectivity index (χ2v) is 5.18. The van der Waals surface area contributed by atoms with Gasteiger partial charge in [0.05, 0.1) is 23.9 Å². The zero-order valence-electron chi connectivity index (χ0n) is 11.9. The molecule has 2 rings (SSSR count). The minimum atomic E-state index is -0.610. The average Bonchev–Trinajstić information content (AvgIpc) is 2.53. The van der Waals surface area contributed by atoms with E-state index in [1.807, 2.05) is 0 Å². The normalized spacial score (nSPS) is 10.1. The highest BCUT2D eigenvalue weighted by Crippen LogP contribution is 2.29. The summed E-state index contributed by atoms with van der Waals surface area (Å²) >= 11 is 1.01. The number of aromatic amines is 1. The van der Waals surface area contributed by atoms with Gasteiger partial charge in [0.25, 0.3) is 11.2 Å². The number of hydrogen-bond acceptors (Lipinski definition) is 7. The van der Waals surface area contributed by atoms with Crippen molar-refractivity contribution < 1.29 is 14.5 Å². The molecule has 0 saturated carbocycles. The molecule has 10 heteroatoms. The lowest BCUT2D eigenvalue weighted by Crippen LogP contribution is -2.16. The van der Waals surface area contributed by atoms with Crippen molar-refractivity contribution in [3.05, 3.63) is 50.9 Å². The molecule has 0 aliphatic heterocycles. The van der Waals surface area contributed by atoms with Crippen LogP contribution in [0.2, 0.25) is 0 Å². The number of nitro groups is 1. The van der Waals surface area contributed by atoms with Gasteiger partial charge < -0.3 is 15.0 Å². The van der Waals surface area contributed by atoms with Crippen molar-refractivity contribution >= 4 is 29.0 Å². The van der Waals surface area contributed by atoms with Crippen LogP contribution in [0.5, 0.6) is 5.75 Å². The minimum Gasteiger partial charge on any atom is -0.496 e. The van der Waals surface area contributed by atoms with Gasteiger partial charge in [-0.2, -0.15) is 0 Å². The fourth-order valence-corrected chi connectivity index (χ4v) is 2.29. The van der Waals surface area contributed by atoms with Gasteiger partial charge in [-0.05, 0) is 12.1 Å². The highest BCUT2D eigenvalue weighted by atomic mass is 32.2. The summed E-state index contributed by atoms with van der Waals surface area (Å²) in [6, 6.07) is 5.37. The predicted molar refractivity (Wildman–Crippen MR) is 83.9 cm³/mol. The fourth-order valence-electron chi connectivity index (χ4n) is 1.64. The third-order valence-electron chi connectivity index (χ3n) is 2.66. The molecule has 0 fully saturated rings. The third-order valence-corrected chi connectivity index (χ3v) is 3.55. The van der Waals surface area contributed by atoms with Crippen LogP contribution in [-0.2, 0) is 4.79 Å². The van der Waals surface area contributed by atoms with Crippen LogP contribution in [0.3, 0.4) is 0 Å². The van der Waals surface area contributed by atoms with E-state index in [1.54, 1.807) is 0 Å². The molecule has 0 bridgehead atoms. The number of carbonyl (C=O) groups is 1. The van der Waals surface area contributed by atoms with E-state index in [-0.39, 0.29) is 27.8 Å². The second kappa shape index (κ2) is 7.40. The topological polar surface area (TPSA) is 127 Å². The Bertz CT molecular complexity index is 792. The summed E-state index contributed by atoms with van der Waals surface area (Å²) < 4.78 is 4.92. The number of nitrogens with one attached hydrogen (secondary N) is 2. The monoisotopic (exact) mass is 336 g/mol. The van der Waals surface area contributed by atoms with Gasteiger partial charge in [0, 0.05) is 12.3 Å². The van der Waals surface area contributed by atoms with Crippen molar-refractivity contribution in [2.75, 3.05) is 18.2 Å². The molecule has 1 amide bonds. The van der Waals surface area contributed by atoms with Crippen molar-refractivity contribution in [3.63, 3.8) is 0 Å². The van der Waals surface area contributed by atoms with Gasteiger partial charge in [-0.25, -0.2) is 4.98 Å². The number of rotatable bonds is 6.